The van der Waals surface area contributed by atoms with Crippen LogP contribution < -0.4 is 20.3 Å². The summed E-state index contributed by atoms with van der Waals surface area (Å²) in [5.74, 6) is 3.68. The minimum absolute atomic E-state index is 0.304. The second-order valence-electron chi connectivity index (χ2n) is 7.99. The Morgan fingerprint density at radius 1 is 0.935 bits per heavy atom. The Kier molecular flexibility index (Phi) is 4.17. The fourth-order valence-corrected chi connectivity index (χ4v) is 4.05. The minimum atomic E-state index is 0.304. The van der Waals surface area contributed by atoms with Crippen LogP contribution in [0.25, 0.3) is 11.0 Å². The highest BCUT2D eigenvalue weighted by Crippen LogP contribution is 2.34. The number of ether oxygens (including phenoxy) is 1. The van der Waals surface area contributed by atoms with Gasteiger partial charge in [0.2, 0.25) is 0 Å². The molecule has 2 saturated heterocycles. The minimum Gasteiger partial charge on any atom is -0.456 e. The zero-order valence-electron chi connectivity index (χ0n) is 16.8. The first-order valence-corrected chi connectivity index (χ1v) is 10.3. The summed E-state index contributed by atoms with van der Waals surface area (Å²) in [6.45, 7) is 3.10. The van der Waals surface area contributed by atoms with Gasteiger partial charge in [0.1, 0.15) is 35.0 Å². The van der Waals surface area contributed by atoms with Crippen LogP contribution in [0.3, 0.4) is 0 Å². The average molecular weight is 411 g/mol. The molecule has 0 unspecified atom stereocenters. The van der Waals surface area contributed by atoms with Crippen molar-refractivity contribution in [1.29, 1.82) is 0 Å². The van der Waals surface area contributed by atoms with E-state index in [1.165, 1.54) is 12.7 Å². The van der Waals surface area contributed by atoms with E-state index in [4.69, 9.17) is 9.72 Å². The van der Waals surface area contributed by atoms with Gasteiger partial charge in [-0.3, -0.25) is 0 Å². The van der Waals surface area contributed by atoms with Crippen molar-refractivity contribution < 1.29 is 4.74 Å². The molecule has 5 heterocycles. The van der Waals surface area contributed by atoms with Gasteiger partial charge in [0.15, 0.2) is 5.82 Å². The van der Waals surface area contributed by atoms with Crippen LogP contribution in [-0.4, -0.2) is 45.1 Å². The van der Waals surface area contributed by atoms with Crippen LogP contribution in [0.2, 0.25) is 0 Å². The third-order valence-electron chi connectivity index (χ3n) is 5.84. The first-order valence-electron chi connectivity index (χ1n) is 10.3. The monoisotopic (exact) mass is 411 g/mol. The summed E-state index contributed by atoms with van der Waals surface area (Å²) in [4.78, 5) is 20.4. The lowest BCUT2D eigenvalue weighted by molar-refractivity contribution is 0.159. The Balaban J connectivity index is 1.22. The Hall–Kier alpha value is -3.78. The number of aromatic nitrogens is 4. The molecule has 2 fully saturated rings. The Morgan fingerprint density at radius 3 is 2.55 bits per heavy atom. The van der Waals surface area contributed by atoms with Crippen molar-refractivity contribution in [1.82, 2.24) is 25.3 Å². The molecule has 0 amide bonds. The molecule has 0 bridgehead atoms. The molecule has 0 aliphatic carbocycles. The van der Waals surface area contributed by atoms with E-state index in [0.717, 1.165) is 42.2 Å². The molecule has 3 aromatic heterocycles. The highest BCUT2D eigenvalue weighted by Gasteiger charge is 2.47. The van der Waals surface area contributed by atoms with Crippen molar-refractivity contribution in [3.8, 4) is 11.5 Å². The third-order valence-corrected chi connectivity index (χ3v) is 5.84. The maximum atomic E-state index is 5.81. The van der Waals surface area contributed by atoms with Crippen LogP contribution in [0, 0.1) is 0 Å². The molecule has 2 N–H and O–H groups in total. The zero-order valence-corrected chi connectivity index (χ0v) is 16.8. The van der Waals surface area contributed by atoms with Crippen LogP contribution in [0.1, 0.15) is 6.42 Å². The summed E-state index contributed by atoms with van der Waals surface area (Å²) in [6.07, 6.45) is 4.46. The Labute approximate surface area is 179 Å². The SMILES string of the molecule is c1ccc(Oc2ccc(Nc3ncnc4ccc(N5CC6(CCN6)C5)nc34)nc2)cc1. The number of rotatable bonds is 5. The van der Waals surface area contributed by atoms with Gasteiger partial charge in [0, 0.05) is 13.1 Å². The van der Waals surface area contributed by atoms with Crippen LogP contribution in [0.4, 0.5) is 17.5 Å². The van der Waals surface area contributed by atoms with Gasteiger partial charge in [-0.2, -0.15) is 0 Å². The summed E-state index contributed by atoms with van der Waals surface area (Å²) in [5.41, 5.74) is 1.83. The van der Waals surface area contributed by atoms with E-state index in [9.17, 15) is 0 Å². The molecular weight excluding hydrogens is 390 g/mol. The van der Waals surface area contributed by atoms with E-state index < -0.39 is 0 Å². The third kappa shape index (κ3) is 3.40. The maximum absolute atomic E-state index is 5.81. The highest BCUT2D eigenvalue weighted by atomic mass is 16.5. The van der Waals surface area contributed by atoms with Crippen LogP contribution in [0.15, 0.2) is 67.1 Å². The molecule has 0 saturated carbocycles. The summed E-state index contributed by atoms with van der Waals surface area (Å²) < 4.78 is 5.81. The van der Waals surface area contributed by atoms with Gasteiger partial charge in [-0.25, -0.2) is 19.9 Å². The summed E-state index contributed by atoms with van der Waals surface area (Å²) in [5, 5.41) is 6.80. The molecule has 2 aliphatic heterocycles. The highest BCUT2D eigenvalue weighted by molar-refractivity contribution is 5.87. The van der Waals surface area contributed by atoms with E-state index in [-0.39, 0.29) is 0 Å². The van der Waals surface area contributed by atoms with Crippen molar-refractivity contribution in [3.05, 3.63) is 67.1 Å². The normalized spacial score (nSPS) is 16.6. The van der Waals surface area contributed by atoms with E-state index in [2.05, 4.69) is 30.5 Å². The second-order valence-corrected chi connectivity index (χ2v) is 7.99. The lowest BCUT2D eigenvalue weighted by Gasteiger charge is -2.56. The molecule has 4 aromatic rings. The molecule has 0 atom stereocenters. The zero-order chi connectivity index (χ0) is 20.7. The number of hydrogen-bond donors (Lipinski definition) is 2. The molecule has 0 radical (unpaired) electrons. The summed E-state index contributed by atoms with van der Waals surface area (Å²) >= 11 is 0. The number of benzene rings is 1. The lowest BCUT2D eigenvalue weighted by atomic mass is 9.80. The Bertz CT molecular complexity index is 1220. The first kappa shape index (κ1) is 18.0. The lowest BCUT2D eigenvalue weighted by Crippen LogP contribution is -2.76. The quantitative estimate of drug-likeness (QED) is 0.516. The van der Waals surface area contributed by atoms with Crippen molar-refractivity contribution in [2.45, 2.75) is 12.0 Å². The van der Waals surface area contributed by atoms with Gasteiger partial charge in [0.05, 0.1) is 17.3 Å². The number of fused-ring (bicyclic) bond motifs is 1. The van der Waals surface area contributed by atoms with Crippen molar-refractivity contribution in [2.24, 2.45) is 0 Å². The smallest absolute Gasteiger partial charge is 0.161 e. The van der Waals surface area contributed by atoms with E-state index in [1.54, 1.807) is 6.20 Å². The first-order chi connectivity index (χ1) is 15.3. The standard InChI is InChI=1S/C23H21N7O/c1-2-4-16(5-3-1)31-17-6-8-19(24-12-17)28-22-21-18(25-15-26-22)7-9-20(29-21)30-13-23(14-30)10-11-27-23/h1-9,12,15,27H,10-11,13-14H2,(H,24,25,26,28). The fourth-order valence-electron chi connectivity index (χ4n) is 4.05. The summed E-state index contributed by atoms with van der Waals surface area (Å²) in [7, 11) is 0. The van der Waals surface area contributed by atoms with Crippen molar-refractivity contribution >= 4 is 28.5 Å². The molecular formula is C23H21N7O. The van der Waals surface area contributed by atoms with Gasteiger partial charge >= 0.3 is 0 Å². The molecule has 8 nitrogen and oxygen atoms in total. The van der Waals surface area contributed by atoms with Gasteiger partial charge in [-0.15, -0.1) is 0 Å². The second kappa shape index (κ2) is 7.17. The Morgan fingerprint density at radius 2 is 1.81 bits per heavy atom. The number of pyridine rings is 2. The molecule has 1 spiro atoms. The van der Waals surface area contributed by atoms with Crippen LogP contribution in [0.5, 0.6) is 11.5 Å². The van der Waals surface area contributed by atoms with Gasteiger partial charge in [-0.1, -0.05) is 18.2 Å². The number of hydrogen-bond acceptors (Lipinski definition) is 8. The topological polar surface area (TPSA) is 88.1 Å². The number of nitrogens with one attached hydrogen (secondary N) is 2. The number of nitrogens with zero attached hydrogens (tertiary/aromatic N) is 5. The van der Waals surface area contributed by atoms with Gasteiger partial charge < -0.3 is 20.3 Å². The van der Waals surface area contributed by atoms with Crippen LogP contribution in [-0.2, 0) is 0 Å². The summed E-state index contributed by atoms with van der Waals surface area (Å²) in [6, 6.07) is 17.4. The largest absolute Gasteiger partial charge is 0.456 e. The van der Waals surface area contributed by atoms with Crippen molar-refractivity contribution in [3.63, 3.8) is 0 Å². The molecule has 31 heavy (non-hydrogen) atoms. The number of anilines is 3. The predicted molar refractivity (Wildman–Crippen MR) is 119 cm³/mol. The molecule has 6 rings (SSSR count). The van der Waals surface area contributed by atoms with Gasteiger partial charge in [0.25, 0.3) is 0 Å². The maximum Gasteiger partial charge on any atom is 0.161 e. The molecule has 8 heteroatoms. The fraction of sp³-hybridized carbons (Fsp3) is 0.217. The average Bonchev–Trinajstić information content (AvgIpc) is 2.74. The molecule has 2 aliphatic rings. The van der Waals surface area contributed by atoms with E-state index in [0.29, 0.717) is 22.9 Å². The van der Waals surface area contributed by atoms with Crippen molar-refractivity contribution in [2.75, 3.05) is 29.9 Å². The van der Waals surface area contributed by atoms with Crippen LogP contribution >= 0.6 is 0 Å². The van der Waals surface area contributed by atoms with E-state index in [1.807, 2.05) is 54.6 Å². The van der Waals surface area contributed by atoms with Gasteiger partial charge in [-0.05, 0) is 49.4 Å². The molecule has 1 aromatic carbocycles. The predicted octanol–water partition coefficient (Wildman–Crippen LogP) is 3.51. The van der Waals surface area contributed by atoms with E-state index >= 15 is 0 Å². The number of para-hydroxylation sites is 1. The molecule has 154 valence electrons.